The predicted molar refractivity (Wildman–Crippen MR) is 95.1 cm³/mol. The van der Waals surface area contributed by atoms with E-state index in [0.717, 1.165) is 40.9 Å². The molecule has 1 saturated heterocycles. The van der Waals surface area contributed by atoms with Crippen LogP contribution in [-0.2, 0) is 4.74 Å². The van der Waals surface area contributed by atoms with E-state index in [9.17, 15) is 0 Å². The van der Waals surface area contributed by atoms with E-state index in [2.05, 4.69) is 4.99 Å². The summed E-state index contributed by atoms with van der Waals surface area (Å²) in [5.41, 5.74) is 5.89. The molecule has 2 N–H and O–H groups in total. The predicted octanol–water partition coefficient (Wildman–Crippen LogP) is 4.31. The van der Waals surface area contributed by atoms with E-state index in [0.29, 0.717) is 16.7 Å². The fourth-order valence-corrected chi connectivity index (χ4v) is 4.11. The maximum absolute atomic E-state index is 6.11. The van der Waals surface area contributed by atoms with Crippen LogP contribution in [0.1, 0.15) is 12.8 Å². The minimum atomic E-state index is 0.254. The number of halogens is 2. The van der Waals surface area contributed by atoms with Gasteiger partial charge in [0.05, 0.1) is 17.7 Å². The maximum Gasteiger partial charge on any atom is 0.154 e. The van der Waals surface area contributed by atoms with Crippen molar-refractivity contribution >= 4 is 51.9 Å². The van der Waals surface area contributed by atoms with Gasteiger partial charge in [-0.15, -0.1) is 11.8 Å². The van der Waals surface area contributed by atoms with Gasteiger partial charge in [0, 0.05) is 28.0 Å². The normalized spacial score (nSPS) is 19.1. The van der Waals surface area contributed by atoms with Crippen molar-refractivity contribution in [2.45, 2.75) is 23.8 Å². The van der Waals surface area contributed by atoms with Gasteiger partial charge in [-0.2, -0.15) is 0 Å². The molecule has 1 heterocycles. The molecule has 0 unspecified atom stereocenters. The number of nitrogens with zero attached hydrogens (tertiary/aromatic N) is 1. The van der Waals surface area contributed by atoms with Crippen molar-refractivity contribution in [1.29, 1.82) is 0 Å². The van der Waals surface area contributed by atoms with Crippen LogP contribution in [0.3, 0.4) is 0 Å². The average molecular weight is 365 g/mol. The lowest BCUT2D eigenvalue weighted by Gasteiger charge is -2.07. The van der Waals surface area contributed by atoms with Crippen LogP contribution in [0.15, 0.2) is 28.1 Å². The highest BCUT2D eigenvalue weighted by Crippen LogP contribution is 2.30. The van der Waals surface area contributed by atoms with Crippen molar-refractivity contribution < 1.29 is 4.74 Å². The quantitative estimate of drug-likeness (QED) is 0.353. The minimum Gasteiger partial charge on any atom is -0.379 e. The van der Waals surface area contributed by atoms with Gasteiger partial charge < -0.3 is 10.5 Å². The Balaban J connectivity index is 1.66. The Labute approximate surface area is 144 Å². The second-order valence-electron chi connectivity index (χ2n) is 4.59. The Morgan fingerprint density at radius 3 is 3.00 bits per heavy atom. The minimum absolute atomic E-state index is 0.254. The van der Waals surface area contributed by atoms with Crippen LogP contribution < -0.4 is 5.73 Å². The van der Waals surface area contributed by atoms with E-state index >= 15 is 0 Å². The van der Waals surface area contributed by atoms with Gasteiger partial charge in [-0.05, 0) is 31.0 Å². The number of benzene rings is 1. The zero-order valence-corrected chi connectivity index (χ0v) is 14.7. The summed E-state index contributed by atoms with van der Waals surface area (Å²) in [6.45, 7) is 1.52. The van der Waals surface area contributed by atoms with E-state index in [-0.39, 0.29) is 6.10 Å². The highest BCUT2D eigenvalue weighted by Gasteiger charge is 2.14. The summed E-state index contributed by atoms with van der Waals surface area (Å²) in [5, 5.41) is 2.06. The second-order valence-corrected chi connectivity index (χ2v) is 7.68. The number of thioether (sulfide) groups is 2. The summed E-state index contributed by atoms with van der Waals surface area (Å²) in [6, 6.07) is 5.49. The molecule has 2 rings (SSSR count). The molecule has 0 aromatic heterocycles. The van der Waals surface area contributed by atoms with Gasteiger partial charge in [0.2, 0.25) is 0 Å². The van der Waals surface area contributed by atoms with E-state index in [1.54, 1.807) is 29.6 Å². The summed E-state index contributed by atoms with van der Waals surface area (Å²) >= 11 is 15.3. The van der Waals surface area contributed by atoms with Crippen LogP contribution in [0.4, 0.5) is 0 Å². The van der Waals surface area contributed by atoms with Crippen LogP contribution in [0.25, 0.3) is 0 Å². The zero-order valence-electron chi connectivity index (χ0n) is 11.6. The second kappa shape index (κ2) is 9.16. The number of hydrogen-bond acceptors (Lipinski definition) is 4. The molecule has 0 aliphatic carbocycles. The summed E-state index contributed by atoms with van der Waals surface area (Å²) in [6.07, 6.45) is 2.47. The largest absolute Gasteiger partial charge is 0.379 e. The maximum atomic E-state index is 6.11. The van der Waals surface area contributed by atoms with Crippen LogP contribution >= 0.6 is 46.7 Å². The Hall–Kier alpha value is -0.0700. The number of aliphatic imine (C=N–C) groups is 1. The topological polar surface area (TPSA) is 47.6 Å². The molecule has 0 spiro atoms. The fraction of sp³-hybridized carbons (Fsp3) is 0.500. The molecule has 1 atom stereocenters. The van der Waals surface area contributed by atoms with Crippen molar-refractivity contribution in [1.82, 2.24) is 0 Å². The van der Waals surface area contributed by atoms with Gasteiger partial charge in [0.1, 0.15) is 0 Å². The zero-order chi connectivity index (χ0) is 15.1. The lowest BCUT2D eigenvalue weighted by molar-refractivity contribution is 0.118. The smallest absolute Gasteiger partial charge is 0.154 e. The van der Waals surface area contributed by atoms with Crippen LogP contribution in [-0.4, -0.2) is 35.9 Å². The molecule has 0 bridgehead atoms. The van der Waals surface area contributed by atoms with Crippen molar-refractivity contribution in [3.05, 3.63) is 28.2 Å². The number of rotatable bonds is 6. The molecular formula is C14H18Cl2N2OS2. The first-order valence-electron chi connectivity index (χ1n) is 6.77. The summed E-state index contributed by atoms with van der Waals surface area (Å²) in [5.74, 6) is 1.79. The van der Waals surface area contributed by atoms with Gasteiger partial charge in [-0.3, -0.25) is 4.99 Å². The van der Waals surface area contributed by atoms with Crippen molar-refractivity contribution in [3.8, 4) is 0 Å². The summed E-state index contributed by atoms with van der Waals surface area (Å²) in [7, 11) is 0. The first kappa shape index (κ1) is 17.3. The standard InChI is InChI=1S/C14H18Cl2N2OS2/c15-10-3-4-12(16)13(8-10)20-6-7-21-14(17)18-9-11-2-1-5-19-11/h3-4,8,11H,1-2,5-7,9H2,(H2,17,18)/t11-/m1/s1. The fourth-order valence-electron chi connectivity index (χ4n) is 1.91. The molecule has 0 saturated carbocycles. The molecule has 1 fully saturated rings. The van der Waals surface area contributed by atoms with E-state index < -0.39 is 0 Å². The first-order chi connectivity index (χ1) is 10.1. The molecule has 116 valence electrons. The highest BCUT2D eigenvalue weighted by molar-refractivity contribution is 8.14. The molecule has 1 aromatic carbocycles. The molecule has 0 amide bonds. The van der Waals surface area contributed by atoms with Crippen molar-refractivity contribution in [2.75, 3.05) is 24.7 Å². The Morgan fingerprint density at radius 1 is 1.38 bits per heavy atom. The number of hydrogen-bond donors (Lipinski definition) is 1. The Morgan fingerprint density at radius 2 is 2.24 bits per heavy atom. The van der Waals surface area contributed by atoms with Crippen LogP contribution in [0.2, 0.25) is 10.0 Å². The van der Waals surface area contributed by atoms with E-state index in [4.69, 9.17) is 33.7 Å². The highest BCUT2D eigenvalue weighted by atomic mass is 35.5. The summed E-state index contributed by atoms with van der Waals surface area (Å²) in [4.78, 5) is 5.36. The van der Waals surface area contributed by atoms with E-state index in [1.807, 2.05) is 12.1 Å². The molecule has 7 heteroatoms. The van der Waals surface area contributed by atoms with Crippen molar-refractivity contribution in [3.63, 3.8) is 0 Å². The first-order valence-corrected chi connectivity index (χ1v) is 9.50. The molecular weight excluding hydrogens is 347 g/mol. The number of amidine groups is 1. The molecule has 0 radical (unpaired) electrons. The third kappa shape index (κ3) is 6.28. The lowest BCUT2D eigenvalue weighted by atomic mass is 10.2. The Kier molecular flexibility index (Phi) is 7.54. The van der Waals surface area contributed by atoms with Crippen LogP contribution in [0, 0.1) is 0 Å². The molecule has 1 aromatic rings. The van der Waals surface area contributed by atoms with Gasteiger partial charge >= 0.3 is 0 Å². The monoisotopic (exact) mass is 364 g/mol. The van der Waals surface area contributed by atoms with Crippen LogP contribution in [0.5, 0.6) is 0 Å². The van der Waals surface area contributed by atoms with Gasteiger partial charge in [0.25, 0.3) is 0 Å². The molecule has 1 aliphatic heterocycles. The van der Waals surface area contributed by atoms with Gasteiger partial charge in [0.15, 0.2) is 5.17 Å². The van der Waals surface area contributed by atoms with Gasteiger partial charge in [-0.1, -0.05) is 35.0 Å². The molecule has 3 nitrogen and oxygen atoms in total. The van der Waals surface area contributed by atoms with Gasteiger partial charge in [-0.25, -0.2) is 0 Å². The number of ether oxygens (including phenoxy) is 1. The number of nitrogens with two attached hydrogens (primary N) is 1. The molecule has 1 aliphatic rings. The third-order valence-corrected chi connectivity index (χ3v) is 5.78. The van der Waals surface area contributed by atoms with E-state index in [1.165, 1.54) is 0 Å². The SMILES string of the molecule is NC(=NC[C@H]1CCCO1)SCCSc1cc(Cl)ccc1Cl. The lowest BCUT2D eigenvalue weighted by Crippen LogP contribution is -2.15. The Bertz CT molecular complexity index is 494. The third-order valence-electron chi connectivity index (χ3n) is 2.96. The average Bonchev–Trinajstić information content (AvgIpc) is 2.98. The molecule has 21 heavy (non-hydrogen) atoms. The summed E-state index contributed by atoms with van der Waals surface area (Å²) < 4.78 is 5.51. The van der Waals surface area contributed by atoms with Crippen molar-refractivity contribution in [2.24, 2.45) is 10.7 Å².